The minimum Gasteiger partial charge on any atom is -0.497 e. The molecule has 31 heavy (non-hydrogen) atoms. The van der Waals surface area contributed by atoms with Crippen molar-refractivity contribution >= 4 is 28.9 Å². The number of hydrogen-bond acceptors (Lipinski definition) is 6. The molecule has 2 aromatic carbocycles. The van der Waals surface area contributed by atoms with E-state index >= 15 is 0 Å². The van der Waals surface area contributed by atoms with Gasteiger partial charge in [-0.15, -0.1) is 0 Å². The number of ether oxygens (including phenoxy) is 2. The third-order valence-corrected chi connectivity index (χ3v) is 5.26. The Morgan fingerprint density at radius 3 is 2.68 bits per heavy atom. The first-order valence-electron chi connectivity index (χ1n) is 10.5. The van der Waals surface area contributed by atoms with Gasteiger partial charge >= 0.3 is 0 Å². The van der Waals surface area contributed by atoms with Crippen molar-refractivity contribution in [2.45, 2.75) is 6.42 Å². The van der Waals surface area contributed by atoms with E-state index in [0.717, 1.165) is 57.1 Å². The van der Waals surface area contributed by atoms with Crippen molar-refractivity contribution in [2.75, 3.05) is 51.8 Å². The smallest absolute Gasteiger partial charge is 0.154 e. The van der Waals surface area contributed by atoms with Gasteiger partial charge in [0.05, 0.1) is 25.8 Å². The summed E-state index contributed by atoms with van der Waals surface area (Å²) in [4.78, 5) is 11.6. The van der Waals surface area contributed by atoms with E-state index in [1.165, 1.54) is 12.1 Å². The van der Waals surface area contributed by atoms with Crippen LogP contribution in [0, 0.1) is 5.82 Å². The van der Waals surface area contributed by atoms with Gasteiger partial charge in [-0.3, -0.25) is 4.90 Å². The Labute approximate surface area is 181 Å². The average molecular weight is 423 g/mol. The first kappa shape index (κ1) is 21.2. The fourth-order valence-electron chi connectivity index (χ4n) is 3.55. The standard InChI is InChI=1S/C24H27FN4O2/c1-30-20-7-3-18(4-8-20)5-10-23-27-22-9-6-19(25)17-21(22)24(28-23)26-11-2-12-29-13-15-31-16-14-29/h3-10,17H,2,11-16H2,1H3,(H,26,27,28)/b10-5+. The zero-order chi connectivity index (χ0) is 21.5. The van der Waals surface area contributed by atoms with Crippen LogP contribution in [-0.4, -0.2) is 61.4 Å². The van der Waals surface area contributed by atoms with Crippen LogP contribution in [0.25, 0.3) is 23.1 Å². The third kappa shape index (κ3) is 5.77. The van der Waals surface area contributed by atoms with Crippen LogP contribution in [0.2, 0.25) is 0 Å². The number of nitrogens with one attached hydrogen (secondary N) is 1. The van der Waals surface area contributed by atoms with Crippen LogP contribution in [0.4, 0.5) is 10.2 Å². The molecule has 1 aliphatic heterocycles. The van der Waals surface area contributed by atoms with Crippen molar-refractivity contribution in [3.05, 3.63) is 59.7 Å². The van der Waals surface area contributed by atoms with Crippen LogP contribution in [-0.2, 0) is 4.74 Å². The molecule has 0 atom stereocenters. The summed E-state index contributed by atoms with van der Waals surface area (Å²) in [6.07, 6.45) is 4.79. The van der Waals surface area contributed by atoms with Crippen molar-refractivity contribution in [1.29, 1.82) is 0 Å². The van der Waals surface area contributed by atoms with Crippen LogP contribution in [0.5, 0.6) is 5.75 Å². The summed E-state index contributed by atoms with van der Waals surface area (Å²) in [5.41, 5.74) is 1.73. The first-order valence-corrected chi connectivity index (χ1v) is 10.5. The van der Waals surface area contributed by atoms with Crippen LogP contribution in [0.15, 0.2) is 42.5 Å². The number of fused-ring (bicyclic) bond motifs is 1. The molecule has 0 aliphatic carbocycles. The maximum Gasteiger partial charge on any atom is 0.154 e. The Morgan fingerprint density at radius 1 is 1.10 bits per heavy atom. The van der Waals surface area contributed by atoms with E-state index in [2.05, 4.69) is 20.2 Å². The van der Waals surface area contributed by atoms with Gasteiger partial charge in [0.2, 0.25) is 0 Å². The number of rotatable bonds is 8. The van der Waals surface area contributed by atoms with Crippen molar-refractivity contribution < 1.29 is 13.9 Å². The molecule has 2 heterocycles. The monoisotopic (exact) mass is 422 g/mol. The van der Waals surface area contributed by atoms with E-state index in [0.29, 0.717) is 22.5 Å². The molecular weight excluding hydrogens is 395 g/mol. The molecule has 1 aliphatic rings. The highest BCUT2D eigenvalue weighted by Gasteiger charge is 2.11. The highest BCUT2D eigenvalue weighted by atomic mass is 19.1. The molecule has 1 aromatic heterocycles. The van der Waals surface area contributed by atoms with Crippen molar-refractivity contribution in [3.8, 4) is 5.75 Å². The Kier molecular flexibility index (Phi) is 7.07. The number of anilines is 1. The maximum atomic E-state index is 13.9. The second kappa shape index (κ2) is 10.3. The fraction of sp³-hybridized carbons (Fsp3) is 0.333. The number of morpholine rings is 1. The predicted molar refractivity (Wildman–Crippen MR) is 122 cm³/mol. The van der Waals surface area contributed by atoms with Crippen LogP contribution in [0.1, 0.15) is 17.8 Å². The number of aromatic nitrogens is 2. The highest BCUT2D eigenvalue weighted by Crippen LogP contribution is 2.22. The molecule has 4 rings (SSSR count). The summed E-state index contributed by atoms with van der Waals surface area (Å²) >= 11 is 0. The molecule has 1 fully saturated rings. The quantitative estimate of drug-likeness (QED) is 0.552. The van der Waals surface area contributed by atoms with E-state index in [9.17, 15) is 4.39 Å². The lowest BCUT2D eigenvalue weighted by Gasteiger charge is -2.26. The molecule has 162 valence electrons. The largest absolute Gasteiger partial charge is 0.497 e. The molecule has 6 nitrogen and oxygen atoms in total. The van der Waals surface area contributed by atoms with E-state index in [1.54, 1.807) is 13.2 Å². The number of nitrogens with zero attached hydrogens (tertiary/aromatic N) is 3. The van der Waals surface area contributed by atoms with Crippen molar-refractivity contribution in [3.63, 3.8) is 0 Å². The molecule has 0 saturated carbocycles. The Balaban J connectivity index is 1.48. The second-order valence-corrected chi connectivity index (χ2v) is 7.43. The molecule has 1 N–H and O–H groups in total. The summed E-state index contributed by atoms with van der Waals surface area (Å²) < 4.78 is 24.4. The normalized spacial score (nSPS) is 14.9. The molecule has 0 radical (unpaired) electrons. The highest BCUT2D eigenvalue weighted by molar-refractivity contribution is 5.90. The lowest BCUT2D eigenvalue weighted by molar-refractivity contribution is 0.0378. The van der Waals surface area contributed by atoms with Gasteiger partial charge in [0.25, 0.3) is 0 Å². The predicted octanol–water partition coefficient (Wildman–Crippen LogP) is 4.08. The fourth-order valence-corrected chi connectivity index (χ4v) is 3.55. The van der Waals surface area contributed by atoms with Gasteiger partial charge in [0.1, 0.15) is 17.4 Å². The molecular formula is C24H27FN4O2. The van der Waals surface area contributed by atoms with Gasteiger partial charge in [-0.2, -0.15) is 0 Å². The molecule has 0 amide bonds. The minimum atomic E-state index is -0.297. The lowest BCUT2D eigenvalue weighted by Crippen LogP contribution is -2.37. The lowest BCUT2D eigenvalue weighted by atomic mass is 10.2. The Bertz CT molecular complexity index is 1030. The zero-order valence-corrected chi connectivity index (χ0v) is 17.7. The third-order valence-electron chi connectivity index (χ3n) is 5.26. The number of hydrogen-bond donors (Lipinski definition) is 1. The van der Waals surface area contributed by atoms with Crippen molar-refractivity contribution in [2.24, 2.45) is 0 Å². The average Bonchev–Trinajstić information content (AvgIpc) is 2.81. The van der Waals surface area contributed by atoms with E-state index in [-0.39, 0.29) is 5.82 Å². The van der Waals surface area contributed by atoms with E-state index in [1.807, 2.05) is 36.4 Å². The van der Waals surface area contributed by atoms with Crippen LogP contribution in [0.3, 0.4) is 0 Å². The first-order chi connectivity index (χ1) is 15.2. The Morgan fingerprint density at radius 2 is 1.90 bits per heavy atom. The number of methoxy groups -OCH3 is 1. The second-order valence-electron chi connectivity index (χ2n) is 7.43. The van der Waals surface area contributed by atoms with E-state index < -0.39 is 0 Å². The SMILES string of the molecule is COc1ccc(/C=C/c2nc(NCCCN3CCOCC3)c3cc(F)ccc3n2)cc1. The molecule has 7 heteroatoms. The topological polar surface area (TPSA) is 59.5 Å². The molecule has 1 saturated heterocycles. The van der Waals surface area contributed by atoms with Gasteiger partial charge in [-0.25, -0.2) is 14.4 Å². The van der Waals surface area contributed by atoms with Gasteiger partial charge in [0, 0.05) is 25.0 Å². The van der Waals surface area contributed by atoms with E-state index in [4.69, 9.17) is 9.47 Å². The summed E-state index contributed by atoms with van der Waals surface area (Å²) in [5, 5.41) is 4.07. The van der Waals surface area contributed by atoms with Crippen LogP contribution >= 0.6 is 0 Å². The van der Waals surface area contributed by atoms with Gasteiger partial charge < -0.3 is 14.8 Å². The summed E-state index contributed by atoms with van der Waals surface area (Å²) in [7, 11) is 1.64. The molecule has 3 aromatic rings. The van der Waals surface area contributed by atoms with Gasteiger partial charge in [0.15, 0.2) is 5.82 Å². The molecule has 0 unspecified atom stereocenters. The maximum absolute atomic E-state index is 13.9. The molecule has 0 bridgehead atoms. The van der Waals surface area contributed by atoms with Gasteiger partial charge in [-0.05, 0) is 54.9 Å². The summed E-state index contributed by atoms with van der Waals surface area (Å²) in [6.45, 7) is 5.30. The number of benzene rings is 2. The summed E-state index contributed by atoms with van der Waals surface area (Å²) in [5.74, 6) is 1.74. The minimum absolute atomic E-state index is 0.297. The number of halogens is 1. The zero-order valence-electron chi connectivity index (χ0n) is 17.7. The van der Waals surface area contributed by atoms with Crippen molar-refractivity contribution in [1.82, 2.24) is 14.9 Å². The summed E-state index contributed by atoms with van der Waals surface area (Å²) in [6, 6.07) is 12.4. The van der Waals surface area contributed by atoms with Crippen LogP contribution < -0.4 is 10.1 Å². The Hall–Kier alpha value is -3.03. The van der Waals surface area contributed by atoms with Gasteiger partial charge in [-0.1, -0.05) is 18.2 Å². The molecule has 0 spiro atoms.